The van der Waals surface area contributed by atoms with Crippen LogP contribution in [-0.2, 0) is 11.2 Å². The van der Waals surface area contributed by atoms with Crippen LogP contribution in [0.1, 0.15) is 43.4 Å². The predicted molar refractivity (Wildman–Crippen MR) is 117 cm³/mol. The van der Waals surface area contributed by atoms with Gasteiger partial charge in [-0.2, -0.15) is 0 Å². The molecule has 1 aromatic rings. The minimum atomic E-state index is -0.706. The minimum Gasteiger partial charge on any atom is -0.401 e. The molecule has 1 amide bonds. The molecule has 29 heavy (non-hydrogen) atoms. The van der Waals surface area contributed by atoms with Crippen molar-refractivity contribution < 1.29 is 9.53 Å². The van der Waals surface area contributed by atoms with Crippen molar-refractivity contribution >= 4 is 31.2 Å². The summed E-state index contributed by atoms with van der Waals surface area (Å²) in [6.07, 6.45) is 5.40. The molecule has 0 aliphatic carbocycles. The molecule has 156 valence electrons. The Hall–Kier alpha value is -2.72. The molecule has 1 aliphatic heterocycles. The standard InChI is InChI=1S/C18H26BN7O2.CH4/c1-3-12(9-11(20)10-22-19)23-18-15(16(21)27)25-14(4-2)17(26-18)24-13-5-7-28-8-6-13;/h3,9,13,22H,1,4-8,10,20H2,2H3,(H2,21,27)(H,24,26);1H4/b11-9-,23-12?;. The van der Waals surface area contributed by atoms with E-state index in [9.17, 15) is 4.79 Å². The van der Waals surface area contributed by atoms with E-state index in [2.05, 4.69) is 32.1 Å². The van der Waals surface area contributed by atoms with E-state index < -0.39 is 5.91 Å². The van der Waals surface area contributed by atoms with Crippen LogP contribution in [0.4, 0.5) is 11.6 Å². The fourth-order valence-corrected chi connectivity index (χ4v) is 2.72. The Morgan fingerprint density at radius 1 is 1.38 bits per heavy atom. The predicted octanol–water partition coefficient (Wildman–Crippen LogP) is 1.14. The Morgan fingerprint density at radius 3 is 2.62 bits per heavy atom. The van der Waals surface area contributed by atoms with Gasteiger partial charge in [-0.25, -0.2) is 15.0 Å². The van der Waals surface area contributed by atoms with Gasteiger partial charge in [0, 0.05) is 31.5 Å². The highest BCUT2D eigenvalue weighted by atomic mass is 16.5. The zero-order chi connectivity index (χ0) is 20.5. The maximum Gasteiger partial charge on any atom is 0.271 e. The summed E-state index contributed by atoms with van der Waals surface area (Å²) in [5.41, 5.74) is 12.9. The highest BCUT2D eigenvalue weighted by Gasteiger charge is 2.20. The maximum absolute atomic E-state index is 11.9. The van der Waals surface area contributed by atoms with Gasteiger partial charge in [0.1, 0.15) is 0 Å². The van der Waals surface area contributed by atoms with Gasteiger partial charge in [-0.15, -0.1) is 0 Å². The molecule has 2 radical (unpaired) electrons. The zero-order valence-corrected chi connectivity index (χ0v) is 16.1. The average molecular weight is 399 g/mol. The molecule has 0 bridgehead atoms. The largest absolute Gasteiger partial charge is 0.401 e. The third kappa shape index (κ3) is 6.99. The molecule has 10 heteroatoms. The Kier molecular flexibility index (Phi) is 10.0. The van der Waals surface area contributed by atoms with Crippen molar-refractivity contribution in [1.29, 1.82) is 0 Å². The number of ether oxygens (including phenoxy) is 1. The van der Waals surface area contributed by atoms with E-state index in [1.165, 1.54) is 6.08 Å². The number of aryl methyl sites for hydroxylation is 1. The lowest BCUT2D eigenvalue weighted by Gasteiger charge is -2.24. The summed E-state index contributed by atoms with van der Waals surface area (Å²) in [6.45, 7) is 7.31. The van der Waals surface area contributed by atoms with E-state index in [4.69, 9.17) is 24.2 Å². The number of rotatable bonds is 9. The first-order chi connectivity index (χ1) is 13.5. The van der Waals surface area contributed by atoms with Crippen LogP contribution in [0, 0.1) is 0 Å². The first-order valence-corrected chi connectivity index (χ1v) is 9.14. The topological polar surface area (TPSA) is 141 Å². The van der Waals surface area contributed by atoms with Crippen LogP contribution >= 0.6 is 0 Å². The molecule has 1 fully saturated rings. The van der Waals surface area contributed by atoms with Gasteiger partial charge in [0.15, 0.2) is 25.3 Å². The molecule has 1 saturated heterocycles. The van der Waals surface area contributed by atoms with Crippen molar-refractivity contribution in [3.05, 3.63) is 35.8 Å². The number of carbonyl (C=O) groups is 1. The van der Waals surface area contributed by atoms with Crippen LogP contribution in [0.2, 0.25) is 0 Å². The number of anilines is 1. The van der Waals surface area contributed by atoms with Gasteiger partial charge >= 0.3 is 0 Å². The van der Waals surface area contributed by atoms with Crippen LogP contribution in [0.25, 0.3) is 0 Å². The Bertz CT molecular complexity index is 774. The number of hydrogen-bond donors (Lipinski definition) is 4. The third-order valence-corrected chi connectivity index (χ3v) is 4.16. The second-order valence-corrected chi connectivity index (χ2v) is 6.28. The number of nitrogens with two attached hydrogens (primary N) is 2. The zero-order valence-electron chi connectivity index (χ0n) is 16.1. The van der Waals surface area contributed by atoms with Gasteiger partial charge in [-0.05, 0) is 31.4 Å². The fraction of sp³-hybridized carbons (Fsp3) is 0.474. The molecule has 2 rings (SSSR count). The lowest BCUT2D eigenvalue weighted by atomic mass is 10.1. The maximum atomic E-state index is 11.9. The van der Waals surface area contributed by atoms with Gasteiger partial charge < -0.3 is 26.7 Å². The van der Waals surface area contributed by atoms with Crippen LogP contribution in [0.3, 0.4) is 0 Å². The minimum absolute atomic E-state index is 0. The second-order valence-electron chi connectivity index (χ2n) is 6.28. The summed E-state index contributed by atoms with van der Waals surface area (Å²) in [5, 5.41) is 5.85. The summed E-state index contributed by atoms with van der Waals surface area (Å²) < 4.78 is 5.39. The van der Waals surface area contributed by atoms with E-state index in [0.29, 0.717) is 42.6 Å². The molecule has 9 nitrogen and oxygen atoms in total. The lowest BCUT2D eigenvalue weighted by molar-refractivity contribution is 0.0903. The molecule has 6 N–H and O–H groups in total. The van der Waals surface area contributed by atoms with Crippen molar-refractivity contribution in [1.82, 2.24) is 15.2 Å². The van der Waals surface area contributed by atoms with E-state index in [0.717, 1.165) is 12.8 Å². The first kappa shape index (κ1) is 24.3. The first-order valence-electron chi connectivity index (χ1n) is 9.14. The van der Waals surface area contributed by atoms with Crippen molar-refractivity contribution in [2.24, 2.45) is 16.5 Å². The van der Waals surface area contributed by atoms with E-state index >= 15 is 0 Å². The van der Waals surface area contributed by atoms with Gasteiger partial charge in [0.25, 0.3) is 5.91 Å². The SMILES string of the molecule is C.[B]NC/C(N)=C/C(C=C)=Nc1nc(NC2CCOCC2)c(CC)nc1C(N)=O. The number of nitrogens with zero attached hydrogens (tertiary/aromatic N) is 3. The second kappa shape index (κ2) is 12.0. The number of carbonyl (C=O) groups excluding carboxylic acids is 1. The van der Waals surface area contributed by atoms with Gasteiger partial charge in [-0.1, -0.05) is 20.9 Å². The van der Waals surface area contributed by atoms with Crippen molar-refractivity contribution in [3.8, 4) is 0 Å². The fourth-order valence-electron chi connectivity index (χ4n) is 2.72. The number of nitrogens with one attached hydrogen (secondary N) is 2. The average Bonchev–Trinajstić information content (AvgIpc) is 2.68. The van der Waals surface area contributed by atoms with Crippen LogP contribution in [0.5, 0.6) is 0 Å². The highest BCUT2D eigenvalue weighted by molar-refractivity contribution is 6.07. The van der Waals surface area contributed by atoms with Crippen molar-refractivity contribution in [2.45, 2.75) is 39.7 Å². The summed E-state index contributed by atoms with van der Waals surface area (Å²) >= 11 is 0. The lowest BCUT2D eigenvalue weighted by Crippen LogP contribution is -2.29. The molecule has 0 atom stereocenters. The summed E-state index contributed by atoms with van der Waals surface area (Å²) in [5.74, 6) is -0.0105. The smallest absolute Gasteiger partial charge is 0.271 e. The highest BCUT2D eigenvalue weighted by Crippen LogP contribution is 2.23. The molecule has 0 saturated carbocycles. The van der Waals surface area contributed by atoms with E-state index in [1.54, 1.807) is 6.08 Å². The normalized spacial score (nSPS) is 15.5. The summed E-state index contributed by atoms with van der Waals surface area (Å²) in [4.78, 5) is 25.2. The molecular weight excluding hydrogens is 369 g/mol. The monoisotopic (exact) mass is 399 g/mol. The molecule has 0 spiro atoms. The Balaban J connectivity index is 0.00000420. The van der Waals surface area contributed by atoms with Crippen LogP contribution in [0.15, 0.2) is 29.4 Å². The van der Waals surface area contributed by atoms with Gasteiger partial charge in [-0.3, -0.25) is 4.79 Å². The van der Waals surface area contributed by atoms with Crippen molar-refractivity contribution in [2.75, 3.05) is 25.1 Å². The van der Waals surface area contributed by atoms with Gasteiger partial charge in [0.05, 0.1) is 11.4 Å². The van der Waals surface area contributed by atoms with Crippen LogP contribution in [-0.4, -0.2) is 55.4 Å². The number of allylic oxidation sites excluding steroid dienone is 2. The molecule has 0 aromatic carbocycles. The molecule has 1 aliphatic rings. The van der Waals surface area contributed by atoms with E-state index in [1.807, 2.05) is 6.92 Å². The summed E-state index contributed by atoms with van der Waals surface area (Å²) in [6, 6.07) is 0.217. The molecule has 1 aromatic heterocycles. The van der Waals surface area contributed by atoms with Crippen LogP contribution < -0.4 is 22.0 Å². The quantitative estimate of drug-likeness (QED) is 0.360. The summed E-state index contributed by atoms with van der Waals surface area (Å²) in [7, 11) is 5.27. The number of aliphatic imine (C=N–C) groups is 1. The number of aromatic nitrogens is 2. The Labute approximate surface area is 173 Å². The van der Waals surface area contributed by atoms with E-state index in [-0.39, 0.29) is 31.5 Å². The molecule has 2 heterocycles. The molecule has 0 unspecified atom stereocenters. The number of primary amides is 1. The third-order valence-electron chi connectivity index (χ3n) is 4.16. The molecular formula is C19H30BN7O2. The van der Waals surface area contributed by atoms with Gasteiger partial charge in [0.2, 0.25) is 0 Å². The Morgan fingerprint density at radius 2 is 2.07 bits per heavy atom. The number of hydrogen-bond acceptors (Lipinski definition) is 8. The number of amides is 1. The van der Waals surface area contributed by atoms with Crippen molar-refractivity contribution in [3.63, 3.8) is 0 Å².